The van der Waals surface area contributed by atoms with Crippen LogP contribution < -0.4 is 0 Å². The molecule has 20 heavy (non-hydrogen) atoms. The predicted molar refractivity (Wildman–Crippen MR) is 91.2 cm³/mol. The zero-order valence-electron chi connectivity index (χ0n) is 12.4. The molecule has 1 aliphatic carbocycles. The molecule has 0 amide bonds. The Balaban J connectivity index is 2.35. The van der Waals surface area contributed by atoms with Crippen LogP contribution in [0.5, 0.6) is 0 Å². The van der Waals surface area contributed by atoms with Crippen molar-refractivity contribution in [2.24, 2.45) is 0 Å². The molecule has 1 aliphatic rings. The minimum absolute atomic E-state index is 0.484. The summed E-state index contributed by atoms with van der Waals surface area (Å²) in [4.78, 5) is 0. The van der Waals surface area contributed by atoms with Gasteiger partial charge in [-0.1, -0.05) is 58.8 Å². The van der Waals surface area contributed by atoms with E-state index in [1.54, 1.807) is 0 Å². The van der Waals surface area contributed by atoms with Gasteiger partial charge in [-0.3, -0.25) is 0 Å². The summed E-state index contributed by atoms with van der Waals surface area (Å²) < 4.78 is 1.20. The fourth-order valence-electron chi connectivity index (χ4n) is 3.42. The summed E-state index contributed by atoms with van der Waals surface area (Å²) in [5.41, 5.74) is 9.61. The number of allylic oxidation sites excluding steroid dienone is 1. The van der Waals surface area contributed by atoms with Crippen molar-refractivity contribution >= 4 is 22.0 Å². The molecule has 2 aromatic rings. The number of halogens is 1. The molecule has 0 bridgehead atoms. The highest BCUT2D eigenvalue weighted by molar-refractivity contribution is 9.10. The SMILES string of the molecule is Cc1cc(C)c(-c2c(Br)ccc3c2C(C)C=C3)c(C)c1. The van der Waals surface area contributed by atoms with Crippen LogP contribution in [-0.2, 0) is 0 Å². The van der Waals surface area contributed by atoms with Gasteiger partial charge in [0, 0.05) is 16.0 Å². The van der Waals surface area contributed by atoms with Gasteiger partial charge >= 0.3 is 0 Å². The van der Waals surface area contributed by atoms with Crippen LogP contribution in [0.15, 0.2) is 34.8 Å². The minimum Gasteiger partial charge on any atom is -0.0766 e. The van der Waals surface area contributed by atoms with Gasteiger partial charge in [0.2, 0.25) is 0 Å². The summed E-state index contributed by atoms with van der Waals surface area (Å²) in [5, 5.41) is 0. The van der Waals surface area contributed by atoms with Gasteiger partial charge in [-0.25, -0.2) is 0 Å². The Morgan fingerprint density at radius 1 is 0.950 bits per heavy atom. The average Bonchev–Trinajstić information content (AvgIpc) is 2.73. The Kier molecular flexibility index (Phi) is 3.33. The van der Waals surface area contributed by atoms with E-state index >= 15 is 0 Å². The third-order valence-corrected chi connectivity index (χ3v) is 4.84. The lowest BCUT2D eigenvalue weighted by molar-refractivity contribution is 0.990. The van der Waals surface area contributed by atoms with Crippen molar-refractivity contribution in [2.45, 2.75) is 33.6 Å². The van der Waals surface area contributed by atoms with Gasteiger partial charge in [0.1, 0.15) is 0 Å². The van der Waals surface area contributed by atoms with Gasteiger partial charge in [0.05, 0.1) is 0 Å². The first-order valence-electron chi connectivity index (χ1n) is 7.08. The lowest BCUT2D eigenvalue weighted by Crippen LogP contribution is -1.98. The van der Waals surface area contributed by atoms with E-state index in [0.717, 1.165) is 0 Å². The topological polar surface area (TPSA) is 0 Å². The van der Waals surface area contributed by atoms with Crippen LogP contribution in [0, 0.1) is 20.8 Å². The fourth-order valence-corrected chi connectivity index (χ4v) is 3.96. The summed E-state index contributed by atoms with van der Waals surface area (Å²) in [6, 6.07) is 8.94. The summed E-state index contributed by atoms with van der Waals surface area (Å²) >= 11 is 3.77. The molecule has 0 fully saturated rings. The Morgan fingerprint density at radius 2 is 1.60 bits per heavy atom. The normalized spacial score (nSPS) is 16.6. The quantitative estimate of drug-likeness (QED) is 0.587. The van der Waals surface area contributed by atoms with Crippen LogP contribution >= 0.6 is 15.9 Å². The van der Waals surface area contributed by atoms with Crippen molar-refractivity contribution in [2.75, 3.05) is 0 Å². The summed E-state index contributed by atoms with van der Waals surface area (Å²) in [6.07, 6.45) is 4.54. The summed E-state index contributed by atoms with van der Waals surface area (Å²) in [7, 11) is 0. The van der Waals surface area contributed by atoms with Gasteiger partial charge in [-0.15, -0.1) is 0 Å². The molecule has 1 unspecified atom stereocenters. The van der Waals surface area contributed by atoms with Crippen molar-refractivity contribution in [3.8, 4) is 11.1 Å². The van der Waals surface area contributed by atoms with Gasteiger partial charge in [-0.2, -0.15) is 0 Å². The van der Waals surface area contributed by atoms with Crippen LogP contribution in [0.1, 0.15) is 40.7 Å². The van der Waals surface area contributed by atoms with E-state index in [1.807, 2.05) is 0 Å². The maximum absolute atomic E-state index is 3.77. The second kappa shape index (κ2) is 4.89. The molecule has 0 saturated carbocycles. The van der Waals surface area contributed by atoms with Gasteiger partial charge in [-0.05, 0) is 54.7 Å². The molecule has 0 aromatic heterocycles. The maximum Gasteiger partial charge on any atom is 0.0257 e. The zero-order valence-corrected chi connectivity index (χ0v) is 14.0. The lowest BCUT2D eigenvalue weighted by atomic mass is 9.87. The molecular formula is C19H19Br. The van der Waals surface area contributed by atoms with Crippen molar-refractivity contribution < 1.29 is 0 Å². The van der Waals surface area contributed by atoms with Crippen molar-refractivity contribution in [1.29, 1.82) is 0 Å². The Bertz CT molecular complexity index is 700. The molecular weight excluding hydrogens is 308 g/mol. The van der Waals surface area contributed by atoms with E-state index in [9.17, 15) is 0 Å². The molecule has 2 aromatic carbocycles. The molecule has 1 atom stereocenters. The maximum atomic E-state index is 3.77. The Hall–Kier alpha value is -1.34. The lowest BCUT2D eigenvalue weighted by Gasteiger charge is -2.19. The highest BCUT2D eigenvalue weighted by atomic mass is 79.9. The first-order chi connectivity index (χ1) is 9.49. The first-order valence-corrected chi connectivity index (χ1v) is 7.87. The third kappa shape index (κ3) is 2.05. The average molecular weight is 327 g/mol. The molecule has 0 N–H and O–H groups in total. The molecule has 3 rings (SSSR count). The zero-order chi connectivity index (χ0) is 14.4. The molecule has 0 aliphatic heterocycles. The van der Waals surface area contributed by atoms with Gasteiger partial charge in [0.15, 0.2) is 0 Å². The standard InChI is InChI=1S/C19H19Br/c1-11-9-13(3)17(14(4)10-11)19-16(20)8-7-15-6-5-12(2)18(15)19/h5-10,12H,1-4H3. The fraction of sp³-hybridized carbons (Fsp3) is 0.263. The molecule has 102 valence electrons. The predicted octanol–water partition coefficient (Wildman–Crippen LogP) is 6.17. The smallest absolute Gasteiger partial charge is 0.0257 e. The molecule has 1 heteroatoms. The third-order valence-electron chi connectivity index (χ3n) is 4.18. The first kappa shape index (κ1) is 13.6. The highest BCUT2D eigenvalue weighted by Gasteiger charge is 2.22. The van der Waals surface area contributed by atoms with Gasteiger partial charge < -0.3 is 0 Å². The largest absolute Gasteiger partial charge is 0.0766 e. The molecule has 0 heterocycles. The van der Waals surface area contributed by atoms with Crippen molar-refractivity contribution in [3.05, 3.63) is 62.6 Å². The number of aryl methyl sites for hydroxylation is 3. The van der Waals surface area contributed by atoms with Crippen LogP contribution in [0.2, 0.25) is 0 Å². The minimum atomic E-state index is 0.484. The van der Waals surface area contributed by atoms with Crippen LogP contribution in [-0.4, -0.2) is 0 Å². The Labute approximate surface area is 129 Å². The monoisotopic (exact) mass is 326 g/mol. The van der Waals surface area contributed by atoms with E-state index < -0.39 is 0 Å². The molecule has 0 radical (unpaired) electrons. The van der Waals surface area contributed by atoms with Crippen LogP contribution in [0.25, 0.3) is 17.2 Å². The number of hydrogen-bond donors (Lipinski definition) is 0. The Morgan fingerprint density at radius 3 is 2.25 bits per heavy atom. The van der Waals surface area contributed by atoms with Crippen molar-refractivity contribution in [1.82, 2.24) is 0 Å². The van der Waals surface area contributed by atoms with Crippen molar-refractivity contribution in [3.63, 3.8) is 0 Å². The second-order valence-electron chi connectivity index (χ2n) is 5.85. The van der Waals surface area contributed by atoms with Crippen LogP contribution in [0.4, 0.5) is 0 Å². The number of rotatable bonds is 1. The molecule has 0 saturated heterocycles. The number of benzene rings is 2. The van der Waals surface area contributed by atoms with E-state index in [0.29, 0.717) is 5.92 Å². The van der Waals surface area contributed by atoms with E-state index in [1.165, 1.54) is 43.4 Å². The summed E-state index contributed by atoms with van der Waals surface area (Å²) in [6.45, 7) is 8.87. The van der Waals surface area contributed by atoms with Gasteiger partial charge in [0.25, 0.3) is 0 Å². The second-order valence-corrected chi connectivity index (χ2v) is 6.70. The van der Waals surface area contributed by atoms with Crippen LogP contribution in [0.3, 0.4) is 0 Å². The van der Waals surface area contributed by atoms with E-state index in [-0.39, 0.29) is 0 Å². The van der Waals surface area contributed by atoms with E-state index in [2.05, 4.69) is 80.0 Å². The molecule has 0 spiro atoms. The highest BCUT2D eigenvalue weighted by Crippen LogP contribution is 2.44. The molecule has 0 nitrogen and oxygen atoms in total. The number of fused-ring (bicyclic) bond motifs is 1. The number of hydrogen-bond acceptors (Lipinski definition) is 0. The van der Waals surface area contributed by atoms with E-state index in [4.69, 9.17) is 0 Å². The summed E-state index contributed by atoms with van der Waals surface area (Å²) in [5.74, 6) is 0.484.